The number of amides is 1. The van der Waals surface area contributed by atoms with Crippen LogP contribution < -0.4 is 4.90 Å². The van der Waals surface area contributed by atoms with E-state index in [-0.39, 0.29) is 29.1 Å². The summed E-state index contributed by atoms with van der Waals surface area (Å²) in [5.41, 5.74) is 1.97. The molecule has 1 saturated heterocycles. The van der Waals surface area contributed by atoms with Gasteiger partial charge in [-0.25, -0.2) is 13.4 Å². The van der Waals surface area contributed by atoms with E-state index in [4.69, 9.17) is 21.0 Å². The maximum atomic E-state index is 14.0. The zero-order chi connectivity index (χ0) is 24.7. The Kier molecular flexibility index (Phi) is 6.75. The zero-order valence-electron chi connectivity index (χ0n) is 19.2. The van der Waals surface area contributed by atoms with Gasteiger partial charge in [-0.2, -0.15) is 4.31 Å². The van der Waals surface area contributed by atoms with E-state index >= 15 is 0 Å². The number of benzene rings is 1. The molecular formula is C24H24ClN3O4S3. The van der Waals surface area contributed by atoms with Crippen molar-refractivity contribution in [1.82, 2.24) is 9.29 Å². The number of sulfonamides is 1. The minimum absolute atomic E-state index is 0.140. The van der Waals surface area contributed by atoms with Gasteiger partial charge in [0.05, 0.1) is 27.4 Å². The van der Waals surface area contributed by atoms with Gasteiger partial charge < -0.3 is 4.42 Å². The highest BCUT2D eigenvalue weighted by molar-refractivity contribution is 7.91. The lowest BCUT2D eigenvalue weighted by atomic mass is 10.0. The van der Waals surface area contributed by atoms with Crippen molar-refractivity contribution in [3.63, 3.8) is 0 Å². The average Bonchev–Trinajstić information content (AvgIpc) is 3.62. The molecule has 0 N–H and O–H groups in total. The van der Waals surface area contributed by atoms with Crippen molar-refractivity contribution in [3.8, 4) is 0 Å². The molecule has 1 aliphatic rings. The molecule has 184 valence electrons. The standard InChI is InChI=1S/C24H24ClN3O4S3/c1-15(2)17-7-3-9-19-22(17)26-24(33-19)27(14-16-6-5-13-32-16)23(29)18-8-4-12-28(18)35(30,31)21-11-10-20(25)34-21/h3,5-7,9-11,13,15,18H,4,8,12,14H2,1-2H3. The van der Waals surface area contributed by atoms with Crippen molar-refractivity contribution in [2.75, 3.05) is 11.4 Å². The molecule has 0 aliphatic carbocycles. The van der Waals surface area contributed by atoms with E-state index in [1.165, 1.54) is 21.7 Å². The summed E-state index contributed by atoms with van der Waals surface area (Å²) < 4.78 is 35.1. The number of anilines is 1. The number of furan rings is 1. The molecule has 1 aromatic carbocycles. The molecule has 1 atom stereocenters. The molecule has 1 amide bonds. The molecule has 1 aliphatic heterocycles. The summed E-state index contributed by atoms with van der Waals surface area (Å²) in [4.78, 5) is 20.4. The van der Waals surface area contributed by atoms with E-state index in [1.54, 1.807) is 29.4 Å². The third-order valence-corrected chi connectivity index (χ3v) is 10.7. The molecule has 1 unspecified atom stereocenters. The van der Waals surface area contributed by atoms with Crippen LogP contribution in [0.5, 0.6) is 0 Å². The van der Waals surface area contributed by atoms with Gasteiger partial charge in [-0.1, -0.05) is 48.9 Å². The van der Waals surface area contributed by atoms with Crippen LogP contribution in [-0.2, 0) is 21.4 Å². The van der Waals surface area contributed by atoms with Crippen LogP contribution in [0.3, 0.4) is 0 Å². The number of hydrogen-bond donors (Lipinski definition) is 0. The van der Waals surface area contributed by atoms with Crippen molar-refractivity contribution < 1.29 is 17.6 Å². The van der Waals surface area contributed by atoms with E-state index in [9.17, 15) is 13.2 Å². The molecule has 1 fully saturated rings. The lowest BCUT2D eigenvalue weighted by molar-refractivity contribution is -0.121. The quantitative estimate of drug-likeness (QED) is 0.277. The maximum Gasteiger partial charge on any atom is 0.253 e. The van der Waals surface area contributed by atoms with Crippen LogP contribution in [0.1, 0.15) is 43.9 Å². The van der Waals surface area contributed by atoms with Gasteiger partial charge in [0.2, 0.25) is 5.91 Å². The van der Waals surface area contributed by atoms with Crippen LogP contribution in [0.2, 0.25) is 4.34 Å². The first-order valence-corrected chi connectivity index (χ1v) is 14.7. The summed E-state index contributed by atoms with van der Waals surface area (Å²) in [6.07, 6.45) is 2.59. The largest absolute Gasteiger partial charge is 0.467 e. The number of para-hydroxylation sites is 1. The number of carbonyl (C=O) groups excluding carboxylic acids is 1. The monoisotopic (exact) mass is 549 g/mol. The number of hydrogen-bond acceptors (Lipinski definition) is 7. The van der Waals surface area contributed by atoms with Crippen molar-refractivity contribution in [1.29, 1.82) is 0 Å². The third kappa shape index (κ3) is 4.65. The number of fused-ring (bicyclic) bond motifs is 1. The van der Waals surface area contributed by atoms with Gasteiger partial charge in [0, 0.05) is 6.54 Å². The molecule has 11 heteroatoms. The fourth-order valence-electron chi connectivity index (χ4n) is 4.34. The van der Waals surface area contributed by atoms with Crippen LogP contribution in [0.4, 0.5) is 5.13 Å². The Morgan fingerprint density at radius 2 is 2.06 bits per heavy atom. The van der Waals surface area contributed by atoms with Crippen molar-refractivity contribution >= 4 is 65.6 Å². The number of thiophene rings is 1. The minimum Gasteiger partial charge on any atom is -0.467 e. The number of rotatable bonds is 7. The summed E-state index contributed by atoms with van der Waals surface area (Å²) in [6.45, 7) is 4.66. The van der Waals surface area contributed by atoms with Crippen molar-refractivity contribution in [2.24, 2.45) is 0 Å². The second kappa shape index (κ2) is 9.67. The second-order valence-electron chi connectivity index (χ2n) is 8.68. The summed E-state index contributed by atoms with van der Waals surface area (Å²) >= 11 is 8.42. The number of aromatic nitrogens is 1. The number of thiazole rings is 1. The van der Waals surface area contributed by atoms with E-state index in [0.29, 0.717) is 28.1 Å². The first-order chi connectivity index (χ1) is 16.8. The Labute approximate surface area is 217 Å². The van der Waals surface area contributed by atoms with E-state index in [2.05, 4.69) is 13.8 Å². The van der Waals surface area contributed by atoms with Crippen molar-refractivity contribution in [2.45, 2.75) is 49.4 Å². The normalized spacial score (nSPS) is 17.0. The maximum absolute atomic E-state index is 14.0. The van der Waals surface area contributed by atoms with Crippen LogP contribution in [0, 0.1) is 0 Å². The lowest BCUT2D eigenvalue weighted by Crippen LogP contribution is -2.47. The van der Waals surface area contributed by atoms with Gasteiger partial charge in [0.15, 0.2) is 5.13 Å². The molecule has 0 radical (unpaired) electrons. The Hall–Kier alpha value is -2.24. The molecule has 0 spiro atoms. The summed E-state index contributed by atoms with van der Waals surface area (Å²) in [5, 5.41) is 0.526. The van der Waals surface area contributed by atoms with Gasteiger partial charge in [-0.15, -0.1) is 11.3 Å². The minimum atomic E-state index is -3.85. The van der Waals surface area contributed by atoms with E-state index in [0.717, 1.165) is 27.1 Å². The molecule has 7 nitrogen and oxygen atoms in total. The number of nitrogens with zero attached hydrogens (tertiary/aromatic N) is 3. The Morgan fingerprint density at radius 1 is 1.23 bits per heavy atom. The highest BCUT2D eigenvalue weighted by atomic mass is 35.5. The van der Waals surface area contributed by atoms with Gasteiger partial charge in [0.25, 0.3) is 10.0 Å². The van der Waals surface area contributed by atoms with Gasteiger partial charge in [-0.05, 0) is 54.7 Å². The first-order valence-electron chi connectivity index (χ1n) is 11.3. The predicted molar refractivity (Wildman–Crippen MR) is 140 cm³/mol. The molecule has 3 aromatic heterocycles. The summed E-state index contributed by atoms with van der Waals surface area (Å²) in [5.74, 6) is 0.561. The first kappa shape index (κ1) is 24.5. The Bertz CT molecular complexity index is 1460. The Morgan fingerprint density at radius 3 is 2.74 bits per heavy atom. The van der Waals surface area contributed by atoms with Crippen LogP contribution in [0.15, 0.2) is 57.4 Å². The SMILES string of the molecule is CC(C)c1cccc2sc(N(Cc3ccco3)C(=O)C3CCCN3S(=O)(=O)c3ccc(Cl)s3)nc12. The number of halogens is 1. The fourth-order valence-corrected chi connectivity index (χ4v) is 8.61. The fraction of sp³-hybridized carbons (Fsp3) is 0.333. The molecule has 0 saturated carbocycles. The molecule has 0 bridgehead atoms. The average molecular weight is 550 g/mol. The summed E-state index contributed by atoms with van der Waals surface area (Å²) in [6, 6.07) is 11.8. The Balaban J connectivity index is 1.54. The van der Waals surface area contributed by atoms with Crippen LogP contribution in [-0.4, -0.2) is 36.2 Å². The second-order valence-corrected chi connectivity index (χ2v) is 13.5. The molecule has 35 heavy (non-hydrogen) atoms. The molecule has 4 aromatic rings. The topological polar surface area (TPSA) is 83.7 Å². The highest BCUT2D eigenvalue weighted by Crippen LogP contribution is 2.37. The molecule has 5 rings (SSSR count). The van der Waals surface area contributed by atoms with Crippen LogP contribution >= 0.6 is 34.3 Å². The lowest BCUT2D eigenvalue weighted by Gasteiger charge is -2.27. The predicted octanol–water partition coefficient (Wildman–Crippen LogP) is 6.11. The highest BCUT2D eigenvalue weighted by Gasteiger charge is 2.42. The number of carbonyl (C=O) groups is 1. The van der Waals surface area contributed by atoms with E-state index < -0.39 is 16.1 Å². The van der Waals surface area contributed by atoms with Gasteiger partial charge in [0.1, 0.15) is 16.0 Å². The van der Waals surface area contributed by atoms with Gasteiger partial charge in [-0.3, -0.25) is 9.69 Å². The van der Waals surface area contributed by atoms with Crippen molar-refractivity contribution in [3.05, 3.63) is 64.4 Å². The zero-order valence-corrected chi connectivity index (χ0v) is 22.4. The molecule has 4 heterocycles. The van der Waals surface area contributed by atoms with Gasteiger partial charge >= 0.3 is 0 Å². The third-order valence-electron chi connectivity index (χ3n) is 6.05. The summed E-state index contributed by atoms with van der Waals surface area (Å²) in [7, 11) is -3.85. The van der Waals surface area contributed by atoms with E-state index in [1.807, 2.05) is 18.2 Å². The van der Waals surface area contributed by atoms with Crippen LogP contribution in [0.25, 0.3) is 10.2 Å². The smallest absolute Gasteiger partial charge is 0.253 e. The molecular weight excluding hydrogens is 526 g/mol.